The molecule has 0 bridgehead atoms. The van der Waals surface area contributed by atoms with Crippen molar-refractivity contribution in [3.05, 3.63) is 35.4 Å². The van der Waals surface area contributed by atoms with Crippen molar-refractivity contribution in [1.82, 2.24) is 0 Å². The van der Waals surface area contributed by atoms with Gasteiger partial charge in [-0.1, -0.05) is 18.2 Å². The van der Waals surface area contributed by atoms with E-state index in [1.54, 1.807) is 12.1 Å². The van der Waals surface area contributed by atoms with Gasteiger partial charge in [0.15, 0.2) is 0 Å². The van der Waals surface area contributed by atoms with Crippen molar-refractivity contribution in [3.8, 4) is 0 Å². The van der Waals surface area contributed by atoms with Gasteiger partial charge in [0.2, 0.25) is 0 Å². The molecule has 0 aromatic heterocycles. The van der Waals surface area contributed by atoms with E-state index in [0.717, 1.165) is 37.4 Å². The zero-order chi connectivity index (χ0) is 12.1. The van der Waals surface area contributed by atoms with Crippen LogP contribution >= 0.6 is 11.8 Å². The Hall–Kier alpha value is -1.00. The van der Waals surface area contributed by atoms with Crippen LogP contribution in [-0.2, 0) is 10.5 Å². The topological polar surface area (TPSA) is 46.5 Å². The summed E-state index contributed by atoms with van der Waals surface area (Å²) in [6.45, 7) is 1.66. The molecule has 1 aliphatic rings. The van der Waals surface area contributed by atoms with Gasteiger partial charge in [0, 0.05) is 24.2 Å². The molecule has 17 heavy (non-hydrogen) atoms. The number of ether oxygens (including phenoxy) is 1. The van der Waals surface area contributed by atoms with Crippen LogP contribution in [0.2, 0.25) is 0 Å². The van der Waals surface area contributed by atoms with Crippen LogP contribution in [0.3, 0.4) is 0 Å². The average molecular weight is 252 g/mol. The van der Waals surface area contributed by atoms with E-state index in [-0.39, 0.29) is 0 Å². The Bertz CT molecular complexity index is 386. The molecule has 1 heterocycles. The van der Waals surface area contributed by atoms with E-state index in [4.69, 9.17) is 9.84 Å². The van der Waals surface area contributed by atoms with Crippen LogP contribution in [0.15, 0.2) is 24.3 Å². The lowest BCUT2D eigenvalue weighted by Crippen LogP contribution is -2.17. The van der Waals surface area contributed by atoms with Crippen LogP contribution in [0, 0.1) is 0 Å². The quantitative estimate of drug-likeness (QED) is 0.895. The molecule has 0 aliphatic carbocycles. The van der Waals surface area contributed by atoms with Crippen molar-refractivity contribution in [3.63, 3.8) is 0 Å². The number of benzene rings is 1. The van der Waals surface area contributed by atoms with Crippen LogP contribution in [-0.4, -0.2) is 29.5 Å². The van der Waals surface area contributed by atoms with Crippen molar-refractivity contribution in [2.24, 2.45) is 0 Å². The summed E-state index contributed by atoms with van der Waals surface area (Å²) in [6.07, 6.45) is 2.14. The highest BCUT2D eigenvalue weighted by Crippen LogP contribution is 2.26. The molecule has 1 aromatic rings. The maximum absolute atomic E-state index is 11.0. The first kappa shape index (κ1) is 12.5. The molecule has 0 atom stereocenters. The fourth-order valence-electron chi connectivity index (χ4n) is 1.91. The smallest absolute Gasteiger partial charge is 0.335 e. The van der Waals surface area contributed by atoms with Gasteiger partial charge in [-0.2, -0.15) is 11.8 Å². The minimum Gasteiger partial charge on any atom is -0.478 e. The summed E-state index contributed by atoms with van der Waals surface area (Å²) in [7, 11) is 0. The molecule has 1 fully saturated rings. The molecule has 2 rings (SSSR count). The van der Waals surface area contributed by atoms with Crippen LogP contribution < -0.4 is 0 Å². The van der Waals surface area contributed by atoms with E-state index in [0.29, 0.717) is 10.8 Å². The van der Waals surface area contributed by atoms with E-state index in [1.165, 1.54) is 0 Å². The molecular weight excluding hydrogens is 236 g/mol. The molecule has 1 aromatic carbocycles. The Balaban J connectivity index is 1.96. The first-order chi connectivity index (χ1) is 8.27. The number of thioether (sulfide) groups is 1. The second-order valence-corrected chi connectivity index (χ2v) is 5.37. The van der Waals surface area contributed by atoms with Crippen molar-refractivity contribution in [2.75, 3.05) is 13.2 Å². The molecule has 1 saturated heterocycles. The van der Waals surface area contributed by atoms with E-state index in [9.17, 15) is 4.79 Å². The summed E-state index contributed by atoms with van der Waals surface area (Å²) in [4.78, 5) is 11.0. The number of carboxylic acids is 1. The highest BCUT2D eigenvalue weighted by Gasteiger charge is 2.16. The summed E-state index contributed by atoms with van der Waals surface area (Å²) in [5, 5.41) is 9.68. The third-order valence-corrected chi connectivity index (χ3v) is 4.31. The van der Waals surface area contributed by atoms with Gasteiger partial charge in [0.05, 0.1) is 5.56 Å². The number of hydrogen-bond acceptors (Lipinski definition) is 3. The molecule has 0 spiro atoms. The fourth-order valence-corrected chi connectivity index (χ4v) is 3.10. The Labute approximate surface area is 105 Å². The maximum atomic E-state index is 11.0. The second kappa shape index (κ2) is 6.07. The van der Waals surface area contributed by atoms with Gasteiger partial charge in [0.1, 0.15) is 0 Å². The molecule has 1 N–H and O–H groups in total. The summed E-state index contributed by atoms with van der Waals surface area (Å²) in [5.74, 6) is -0.0687. The first-order valence-corrected chi connectivity index (χ1v) is 6.83. The van der Waals surface area contributed by atoms with Gasteiger partial charge < -0.3 is 9.84 Å². The largest absolute Gasteiger partial charge is 0.478 e. The van der Waals surface area contributed by atoms with Crippen LogP contribution in [0.4, 0.5) is 0 Å². The zero-order valence-electron chi connectivity index (χ0n) is 9.59. The second-order valence-electron chi connectivity index (χ2n) is 4.09. The third kappa shape index (κ3) is 3.48. The van der Waals surface area contributed by atoms with Crippen molar-refractivity contribution >= 4 is 17.7 Å². The van der Waals surface area contributed by atoms with Crippen molar-refractivity contribution in [1.29, 1.82) is 0 Å². The van der Waals surface area contributed by atoms with E-state index < -0.39 is 5.97 Å². The number of aromatic carboxylic acids is 1. The Morgan fingerprint density at radius 1 is 1.35 bits per heavy atom. The van der Waals surface area contributed by atoms with Gasteiger partial charge >= 0.3 is 5.97 Å². The molecule has 0 unspecified atom stereocenters. The lowest BCUT2D eigenvalue weighted by Gasteiger charge is -2.21. The summed E-state index contributed by atoms with van der Waals surface area (Å²) in [5.41, 5.74) is 1.34. The number of hydrogen-bond donors (Lipinski definition) is 1. The van der Waals surface area contributed by atoms with Crippen molar-refractivity contribution in [2.45, 2.75) is 23.8 Å². The molecule has 4 heteroatoms. The number of carboxylic acid groups (broad SMARTS) is 1. The van der Waals surface area contributed by atoms with Gasteiger partial charge in [0.25, 0.3) is 0 Å². The van der Waals surface area contributed by atoms with Gasteiger partial charge in [-0.25, -0.2) is 4.79 Å². The van der Waals surface area contributed by atoms with Crippen LogP contribution in [0.1, 0.15) is 28.8 Å². The Morgan fingerprint density at radius 3 is 2.76 bits per heavy atom. The predicted octanol–water partition coefficient (Wildman–Crippen LogP) is 2.80. The standard InChI is InChI=1S/C13H16O3S/c14-13(15)12-4-2-1-3-10(12)9-17-11-5-7-16-8-6-11/h1-4,11H,5-9H2,(H,14,15). The van der Waals surface area contributed by atoms with E-state index in [1.807, 2.05) is 23.9 Å². The minimum atomic E-state index is -0.840. The molecule has 1 aliphatic heterocycles. The molecule has 0 saturated carbocycles. The minimum absolute atomic E-state index is 0.423. The highest BCUT2D eigenvalue weighted by molar-refractivity contribution is 7.99. The van der Waals surface area contributed by atoms with Crippen molar-refractivity contribution < 1.29 is 14.6 Å². The normalized spacial score (nSPS) is 16.9. The Morgan fingerprint density at radius 2 is 2.06 bits per heavy atom. The maximum Gasteiger partial charge on any atom is 0.335 e. The fraction of sp³-hybridized carbons (Fsp3) is 0.462. The van der Waals surface area contributed by atoms with Gasteiger partial charge in [-0.3, -0.25) is 0 Å². The average Bonchev–Trinajstić information content (AvgIpc) is 2.38. The van der Waals surface area contributed by atoms with Crippen LogP contribution in [0.5, 0.6) is 0 Å². The predicted molar refractivity (Wildman–Crippen MR) is 68.5 cm³/mol. The first-order valence-electron chi connectivity index (χ1n) is 5.78. The van der Waals surface area contributed by atoms with Gasteiger partial charge in [-0.05, 0) is 24.5 Å². The number of carbonyl (C=O) groups is 1. The molecular formula is C13H16O3S. The molecule has 0 amide bonds. The highest BCUT2D eigenvalue weighted by atomic mass is 32.2. The molecule has 92 valence electrons. The Kier molecular flexibility index (Phi) is 4.45. The lowest BCUT2D eigenvalue weighted by molar-refractivity contribution is 0.0696. The van der Waals surface area contributed by atoms with E-state index in [2.05, 4.69) is 0 Å². The SMILES string of the molecule is O=C(O)c1ccccc1CSC1CCOCC1. The van der Waals surface area contributed by atoms with Gasteiger partial charge in [-0.15, -0.1) is 0 Å². The van der Waals surface area contributed by atoms with E-state index >= 15 is 0 Å². The summed E-state index contributed by atoms with van der Waals surface area (Å²) < 4.78 is 5.31. The van der Waals surface area contributed by atoms with Crippen LogP contribution in [0.25, 0.3) is 0 Å². The summed E-state index contributed by atoms with van der Waals surface area (Å²) >= 11 is 1.84. The summed E-state index contributed by atoms with van der Waals surface area (Å²) in [6, 6.07) is 7.23. The third-order valence-electron chi connectivity index (χ3n) is 2.89. The lowest BCUT2D eigenvalue weighted by atomic mass is 10.1. The monoisotopic (exact) mass is 252 g/mol. The number of rotatable bonds is 4. The molecule has 0 radical (unpaired) electrons. The zero-order valence-corrected chi connectivity index (χ0v) is 10.4. The molecule has 3 nitrogen and oxygen atoms in total.